The summed E-state index contributed by atoms with van der Waals surface area (Å²) in [7, 11) is 0. The van der Waals surface area contributed by atoms with Gasteiger partial charge in [-0.1, -0.05) is 35.6 Å². The van der Waals surface area contributed by atoms with Gasteiger partial charge < -0.3 is 15.4 Å². The number of anilines is 2. The number of nitrogens with one attached hydrogen (secondary N) is 2. The summed E-state index contributed by atoms with van der Waals surface area (Å²) in [5.74, 6) is 7.47. The van der Waals surface area contributed by atoms with Gasteiger partial charge in [0, 0.05) is 31.9 Å². The van der Waals surface area contributed by atoms with E-state index in [1.54, 1.807) is 35.6 Å². The zero-order valence-corrected chi connectivity index (χ0v) is 20.4. The lowest BCUT2D eigenvalue weighted by atomic mass is 10.2. The minimum absolute atomic E-state index is 0.227. The van der Waals surface area contributed by atoms with Crippen molar-refractivity contribution in [2.75, 3.05) is 38.0 Å². The van der Waals surface area contributed by atoms with Gasteiger partial charge in [0.2, 0.25) is 0 Å². The monoisotopic (exact) mass is 507 g/mol. The molecule has 6 nitrogen and oxygen atoms in total. The van der Waals surface area contributed by atoms with Gasteiger partial charge in [-0.05, 0) is 42.0 Å². The van der Waals surface area contributed by atoms with Crippen molar-refractivity contribution in [3.05, 3.63) is 76.1 Å². The fraction of sp³-hybridized carbons (Fsp3) is 0.231. The summed E-state index contributed by atoms with van der Waals surface area (Å²) in [6.45, 7) is 5.07. The maximum absolute atomic E-state index is 13.4. The van der Waals surface area contributed by atoms with Crippen LogP contribution in [0.2, 0.25) is 5.02 Å². The maximum atomic E-state index is 13.4. The minimum atomic E-state index is -0.296. The topological polar surface area (TPSA) is 62.3 Å². The Hall–Kier alpha value is -3.22. The van der Waals surface area contributed by atoms with Crippen LogP contribution in [0.4, 0.5) is 15.9 Å². The Kier molecular flexibility index (Phi) is 7.40. The van der Waals surface area contributed by atoms with Gasteiger partial charge in [0.25, 0.3) is 0 Å². The van der Waals surface area contributed by atoms with Crippen molar-refractivity contribution in [3.63, 3.8) is 0 Å². The molecular formula is C26H23ClFN5OS. The van der Waals surface area contributed by atoms with Gasteiger partial charge in [-0.25, -0.2) is 14.4 Å². The SMILES string of the molecule is Fc1cccc(COc2ccc(Nc3ncnc4cc(C#CCN5CCNCC5)sc34)cc2Cl)c1. The fourth-order valence-electron chi connectivity index (χ4n) is 3.73. The molecule has 0 bridgehead atoms. The molecule has 5 rings (SSSR count). The number of rotatable bonds is 6. The fourth-order valence-corrected chi connectivity index (χ4v) is 4.90. The summed E-state index contributed by atoms with van der Waals surface area (Å²) < 4.78 is 20.1. The second-order valence-electron chi connectivity index (χ2n) is 8.06. The van der Waals surface area contributed by atoms with Gasteiger partial charge in [0.05, 0.1) is 26.7 Å². The van der Waals surface area contributed by atoms with Gasteiger partial charge >= 0.3 is 0 Å². The van der Waals surface area contributed by atoms with Crippen LogP contribution in [-0.2, 0) is 6.61 Å². The number of halogens is 2. The van der Waals surface area contributed by atoms with Crippen LogP contribution in [0.1, 0.15) is 10.4 Å². The molecule has 1 saturated heterocycles. The van der Waals surface area contributed by atoms with Crippen molar-refractivity contribution >= 4 is 44.7 Å². The molecule has 1 fully saturated rings. The molecule has 2 N–H and O–H groups in total. The van der Waals surface area contributed by atoms with Crippen molar-refractivity contribution in [2.24, 2.45) is 0 Å². The number of fused-ring (bicyclic) bond motifs is 1. The average Bonchev–Trinajstić information content (AvgIpc) is 3.28. The van der Waals surface area contributed by atoms with E-state index in [4.69, 9.17) is 16.3 Å². The van der Waals surface area contributed by atoms with E-state index in [0.29, 0.717) is 16.6 Å². The molecular weight excluding hydrogens is 485 g/mol. The number of piperazine rings is 1. The van der Waals surface area contributed by atoms with Crippen molar-refractivity contribution in [3.8, 4) is 17.6 Å². The third-order valence-electron chi connectivity index (χ3n) is 5.51. The van der Waals surface area contributed by atoms with Crippen LogP contribution < -0.4 is 15.4 Å². The molecule has 0 saturated carbocycles. The molecule has 9 heteroatoms. The Balaban J connectivity index is 1.27. The minimum Gasteiger partial charge on any atom is -0.487 e. The number of hydrogen-bond acceptors (Lipinski definition) is 7. The Labute approximate surface area is 212 Å². The summed E-state index contributed by atoms with van der Waals surface area (Å²) in [5, 5.41) is 7.12. The molecule has 0 amide bonds. The Bertz CT molecular complexity index is 1390. The Morgan fingerprint density at radius 2 is 2.03 bits per heavy atom. The molecule has 0 atom stereocenters. The molecule has 35 heavy (non-hydrogen) atoms. The van der Waals surface area contributed by atoms with E-state index in [1.165, 1.54) is 18.5 Å². The molecule has 3 heterocycles. The molecule has 0 aliphatic carbocycles. The first-order valence-corrected chi connectivity index (χ1v) is 12.4. The van der Waals surface area contributed by atoms with E-state index in [2.05, 4.69) is 37.3 Å². The number of thiophene rings is 1. The Morgan fingerprint density at radius 3 is 2.86 bits per heavy atom. The van der Waals surface area contributed by atoms with Crippen molar-refractivity contribution < 1.29 is 9.13 Å². The lowest BCUT2D eigenvalue weighted by Crippen LogP contribution is -2.43. The third kappa shape index (κ3) is 6.08. The molecule has 4 aromatic rings. The van der Waals surface area contributed by atoms with E-state index in [-0.39, 0.29) is 12.4 Å². The molecule has 0 radical (unpaired) electrons. The quantitative estimate of drug-likeness (QED) is 0.356. The standard InChI is InChI=1S/C26H23ClFN5OS/c27-22-14-20(6-7-24(22)34-16-18-3-1-4-19(28)13-18)32-26-25-23(30-17-31-26)15-21(35-25)5-2-10-33-11-8-29-9-12-33/h1,3-4,6-7,13-15,17,29H,8-12,16H2,(H,30,31,32). The van der Waals surface area contributed by atoms with Crippen LogP contribution in [0.25, 0.3) is 10.2 Å². The maximum Gasteiger partial charge on any atom is 0.151 e. The van der Waals surface area contributed by atoms with Crippen molar-refractivity contribution in [2.45, 2.75) is 6.61 Å². The summed E-state index contributed by atoms with van der Waals surface area (Å²) in [6.07, 6.45) is 1.54. The van der Waals surface area contributed by atoms with Crippen molar-refractivity contribution in [1.29, 1.82) is 0 Å². The molecule has 0 unspecified atom stereocenters. The number of aromatic nitrogens is 2. The number of ether oxygens (including phenoxy) is 1. The molecule has 2 aromatic heterocycles. The second-order valence-corrected chi connectivity index (χ2v) is 9.52. The van der Waals surface area contributed by atoms with Crippen LogP contribution >= 0.6 is 22.9 Å². The Morgan fingerprint density at radius 1 is 1.14 bits per heavy atom. The highest BCUT2D eigenvalue weighted by molar-refractivity contribution is 7.20. The smallest absolute Gasteiger partial charge is 0.151 e. The molecule has 1 aliphatic heterocycles. The van der Waals surface area contributed by atoms with Crippen LogP contribution in [0, 0.1) is 17.7 Å². The van der Waals surface area contributed by atoms with E-state index in [9.17, 15) is 4.39 Å². The van der Waals surface area contributed by atoms with Gasteiger partial charge in [-0.3, -0.25) is 4.90 Å². The first-order valence-electron chi connectivity index (χ1n) is 11.2. The van der Waals surface area contributed by atoms with E-state index < -0.39 is 0 Å². The van der Waals surface area contributed by atoms with Crippen LogP contribution in [0.3, 0.4) is 0 Å². The first-order chi connectivity index (χ1) is 17.1. The average molecular weight is 508 g/mol. The van der Waals surface area contributed by atoms with Gasteiger partial charge in [-0.2, -0.15) is 0 Å². The molecule has 2 aromatic carbocycles. The highest BCUT2D eigenvalue weighted by Gasteiger charge is 2.11. The van der Waals surface area contributed by atoms with Gasteiger partial charge in [0.15, 0.2) is 5.82 Å². The zero-order chi connectivity index (χ0) is 24.0. The van der Waals surface area contributed by atoms with E-state index in [0.717, 1.165) is 59.1 Å². The number of hydrogen-bond donors (Lipinski definition) is 2. The number of nitrogens with zero attached hydrogens (tertiary/aromatic N) is 3. The predicted molar refractivity (Wildman–Crippen MR) is 139 cm³/mol. The largest absolute Gasteiger partial charge is 0.487 e. The summed E-state index contributed by atoms with van der Waals surface area (Å²) in [5.41, 5.74) is 2.35. The summed E-state index contributed by atoms with van der Waals surface area (Å²) in [4.78, 5) is 12.1. The normalized spacial score (nSPS) is 13.9. The van der Waals surface area contributed by atoms with E-state index >= 15 is 0 Å². The van der Waals surface area contributed by atoms with E-state index in [1.807, 2.05) is 12.1 Å². The van der Waals surface area contributed by atoms with Crippen molar-refractivity contribution in [1.82, 2.24) is 20.2 Å². The first kappa shape index (κ1) is 23.5. The lowest BCUT2D eigenvalue weighted by Gasteiger charge is -2.24. The van der Waals surface area contributed by atoms with Crippen LogP contribution in [0.5, 0.6) is 5.75 Å². The van der Waals surface area contributed by atoms with Crippen LogP contribution in [0.15, 0.2) is 54.9 Å². The van der Waals surface area contributed by atoms with Gasteiger partial charge in [0.1, 0.15) is 24.5 Å². The molecule has 178 valence electrons. The highest BCUT2D eigenvalue weighted by Crippen LogP contribution is 2.33. The highest BCUT2D eigenvalue weighted by atomic mass is 35.5. The molecule has 1 aliphatic rings. The van der Waals surface area contributed by atoms with Crippen LogP contribution in [-0.4, -0.2) is 47.6 Å². The predicted octanol–water partition coefficient (Wildman–Crippen LogP) is 5.06. The third-order valence-corrected chi connectivity index (χ3v) is 6.85. The lowest BCUT2D eigenvalue weighted by molar-refractivity contribution is 0.268. The molecule has 0 spiro atoms. The summed E-state index contributed by atoms with van der Waals surface area (Å²) >= 11 is 8.01. The summed E-state index contributed by atoms with van der Waals surface area (Å²) in [6, 6.07) is 13.7. The van der Waals surface area contributed by atoms with Gasteiger partial charge in [-0.15, -0.1) is 11.3 Å². The zero-order valence-electron chi connectivity index (χ0n) is 18.9. The second kappa shape index (κ2) is 11.0. The number of benzene rings is 2.